The Kier molecular flexibility index (Phi) is 7.44. The highest BCUT2D eigenvalue weighted by atomic mass is 16.5. The average Bonchev–Trinajstić information content (AvgIpc) is 3.57. The second kappa shape index (κ2) is 11.2. The number of likely N-dealkylation sites (tertiary alicyclic amines) is 1. The van der Waals surface area contributed by atoms with Gasteiger partial charge in [-0.2, -0.15) is 0 Å². The van der Waals surface area contributed by atoms with Crippen molar-refractivity contribution in [1.29, 1.82) is 0 Å². The zero-order valence-corrected chi connectivity index (χ0v) is 20.1. The second-order valence-electron chi connectivity index (χ2n) is 9.29. The van der Waals surface area contributed by atoms with E-state index in [9.17, 15) is 4.79 Å². The molecule has 0 bridgehead atoms. The Hall–Kier alpha value is -3.57. The minimum atomic E-state index is -0.0406. The molecule has 35 heavy (non-hydrogen) atoms. The highest BCUT2D eigenvalue weighted by molar-refractivity contribution is 5.86. The number of aromatic amines is 1. The topological polar surface area (TPSA) is 57.4 Å². The average molecular weight is 468 g/mol. The Labute approximate surface area is 207 Å². The van der Waals surface area contributed by atoms with Gasteiger partial charge in [0.1, 0.15) is 12.4 Å². The molecule has 3 aromatic carbocycles. The molecular weight excluding hydrogens is 434 g/mol. The van der Waals surface area contributed by atoms with Gasteiger partial charge in [-0.05, 0) is 60.8 Å². The van der Waals surface area contributed by atoms with Crippen molar-refractivity contribution in [3.63, 3.8) is 0 Å². The summed E-state index contributed by atoms with van der Waals surface area (Å²) >= 11 is 0. The van der Waals surface area contributed by atoms with Gasteiger partial charge in [-0.25, -0.2) is 0 Å². The molecule has 5 nitrogen and oxygen atoms in total. The maximum Gasteiger partial charge on any atom is 0.220 e. The Morgan fingerprint density at radius 1 is 0.943 bits per heavy atom. The van der Waals surface area contributed by atoms with E-state index in [2.05, 4.69) is 51.6 Å². The molecule has 1 aliphatic rings. The molecule has 1 atom stereocenters. The van der Waals surface area contributed by atoms with Crippen molar-refractivity contribution >= 4 is 16.8 Å². The number of carbonyl (C=O) groups excluding carboxylic acids is 1. The number of hydrogen-bond acceptors (Lipinski definition) is 3. The van der Waals surface area contributed by atoms with Gasteiger partial charge >= 0.3 is 0 Å². The first-order chi connectivity index (χ1) is 17.3. The van der Waals surface area contributed by atoms with Crippen molar-refractivity contribution in [2.24, 2.45) is 0 Å². The molecule has 0 spiro atoms. The number of benzene rings is 3. The molecule has 2 heterocycles. The summed E-state index contributed by atoms with van der Waals surface area (Å²) in [6, 6.07) is 26.6. The van der Waals surface area contributed by atoms with Gasteiger partial charge in [-0.15, -0.1) is 0 Å². The minimum Gasteiger partial charge on any atom is -0.489 e. The largest absolute Gasteiger partial charge is 0.489 e. The van der Waals surface area contributed by atoms with Crippen LogP contribution in [0.25, 0.3) is 10.9 Å². The zero-order valence-electron chi connectivity index (χ0n) is 20.1. The summed E-state index contributed by atoms with van der Waals surface area (Å²) in [5, 5.41) is 4.31. The van der Waals surface area contributed by atoms with Crippen LogP contribution in [0.4, 0.5) is 0 Å². The molecule has 0 unspecified atom stereocenters. The third kappa shape index (κ3) is 5.92. The van der Waals surface area contributed by atoms with Crippen LogP contribution in [0.1, 0.15) is 41.9 Å². The number of para-hydroxylation sites is 1. The van der Waals surface area contributed by atoms with Crippen LogP contribution in [0.15, 0.2) is 85.1 Å². The molecule has 0 radical (unpaired) electrons. The van der Waals surface area contributed by atoms with Gasteiger partial charge in [0.25, 0.3) is 0 Å². The Balaban J connectivity index is 1.30. The van der Waals surface area contributed by atoms with Gasteiger partial charge in [0, 0.05) is 42.5 Å². The number of aromatic nitrogens is 1. The lowest BCUT2D eigenvalue weighted by Gasteiger charge is -2.19. The van der Waals surface area contributed by atoms with Crippen LogP contribution in [0, 0.1) is 0 Å². The summed E-state index contributed by atoms with van der Waals surface area (Å²) in [6.45, 7) is 4.45. The predicted octanol–water partition coefficient (Wildman–Crippen LogP) is 5.48. The maximum atomic E-state index is 13.0. The number of nitrogens with zero attached hydrogens (tertiary/aromatic N) is 1. The monoisotopic (exact) mass is 467 g/mol. The molecule has 1 aromatic heterocycles. The summed E-state index contributed by atoms with van der Waals surface area (Å²) < 4.78 is 5.98. The highest BCUT2D eigenvalue weighted by Crippen LogP contribution is 2.34. The predicted molar refractivity (Wildman–Crippen MR) is 141 cm³/mol. The van der Waals surface area contributed by atoms with Crippen molar-refractivity contribution in [1.82, 2.24) is 15.2 Å². The Morgan fingerprint density at radius 2 is 1.69 bits per heavy atom. The van der Waals surface area contributed by atoms with Crippen LogP contribution in [-0.2, 0) is 11.4 Å². The van der Waals surface area contributed by atoms with Gasteiger partial charge in [0.2, 0.25) is 5.91 Å². The molecule has 1 fully saturated rings. The molecule has 0 saturated carbocycles. The number of amides is 1. The first-order valence-corrected chi connectivity index (χ1v) is 12.6. The second-order valence-corrected chi connectivity index (χ2v) is 9.29. The van der Waals surface area contributed by atoms with E-state index in [-0.39, 0.29) is 11.8 Å². The molecule has 180 valence electrons. The number of nitrogens with one attached hydrogen (secondary N) is 2. The molecular formula is C30H33N3O2. The van der Waals surface area contributed by atoms with Crippen LogP contribution < -0.4 is 10.1 Å². The number of fused-ring (bicyclic) bond motifs is 1. The van der Waals surface area contributed by atoms with E-state index in [4.69, 9.17) is 4.74 Å². The quantitative estimate of drug-likeness (QED) is 0.325. The Bertz CT molecular complexity index is 1230. The van der Waals surface area contributed by atoms with Crippen molar-refractivity contribution in [3.8, 4) is 5.75 Å². The van der Waals surface area contributed by atoms with Gasteiger partial charge in [-0.3, -0.25) is 4.79 Å². The maximum absolute atomic E-state index is 13.0. The van der Waals surface area contributed by atoms with Crippen LogP contribution in [0.5, 0.6) is 5.75 Å². The molecule has 1 amide bonds. The van der Waals surface area contributed by atoms with Crippen molar-refractivity contribution < 1.29 is 9.53 Å². The first kappa shape index (κ1) is 23.2. The van der Waals surface area contributed by atoms with E-state index >= 15 is 0 Å². The first-order valence-electron chi connectivity index (χ1n) is 12.6. The lowest BCUT2D eigenvalue weighted by Crippen LogP contribution is -2.34. The highest BCUT2D eigenvalue weighted by Gasteiger charge is 2.22. The lowest BCUT2D eigenvalue weighted by atomic mass is 9.88. The van der Waals surface area contributed by atoms with E-state index in [0.29, 0.717) is 19.6 Å². The SMILES string of the molecule is O=C(C[C@@H](c1ccc(OCc2ccccc2)cc1)c1c[nH]c2ccccc12)NCCN1CCCC1. The van der Waals surface area contributed by atoms with E-state index in [0.717, 1.165) is 53.0 Å². The summed E-state index contributed by atoms with van der Waals surface area (Å²) in [7, 11) is 0. The number of H-pyrrole nitrogens is 1. The zero-order chi connectivity index (χ0) is 23.9. The molecule has 1 saturated heterocycles. The third-order valence-corrected chi connectivity index (χ3v) is 6.87. The molecule has 5 rings (SSSR count). The molecule has 1 aliphatic heterocycles. The smallest absolute Gasteiger partial charge is 0.220 e. The lowest BCUT2D eigenvalue weighted by molar-refractivity contribution is -0.121. The Morgan fingerprint density at radius 3 is 2.49 bits per heavy atom. The fourth-order valence-electron chi connectivity index (χ4n) is 4.94. The summed E-state index contributed by atoms with van der Waals surface area (Å²) in [5.74, 6) is 0.871. The van der Waals surface area contributed by atoms with Gasteiger partial charge < -0.3 is 19.9 Å². The van der Waals surface area contributed by atoms with Crippen LogP contribution >= 0.6 is 0 Å². The van der Waals surface area contributed by atoms with Crippen molar-refractivity contribution in [2.75, 3.05) is 26.2 Å². The number of carbonyl (C=O) groups is 1. The number of ether oxygens (including phenoxy) is 1. The van der Waals surface area contributed by atoms with Crippen molar-refractivity contribution in [3.05, 3.63) is 102 Å². The fraction of sp³-hybridized carbons (Fsp3) is 0.300. The van der Waals surface area contributed by atoms with Crippen molar-refractivity contribution in [2.45, 2.75) is 31.8 Å². The molecule has 2 N–H and O–H groups in total. The number of hydrogen-bond donors (Lipinski definition) is 2. The molecule has 0 aliphatic carbocycles. The van der Waals surface area contributed by atoms with Gasteiger partial charge in [0.05, 0.1) is 0 Å². The minimum absolute atomic E-state index is 0.0406. The van der Waals surface area contributed by atoms with Crippen LogP contribution in [-0.4, -0.2) is 42.0 Å². The molecule has 5 heteroatoms. The number of rotatable bonds is 10. The third-order valence-electron chi connectivity index (χ3n) is 6.87. The normalized spacial score (nSPS) is 14.7. The van der Waals surface area contributed by atoms with E-state index < -0.39 is 0 Å². The molecule has 4 aromatic rings. The van der Waals surface area contributed by atoms with Crippen LogP contribution in [0.2, 0.25) is 0 Å². The summed E-state index contributed by atoms with van der Waals surface area (Å²) in [5.41, 5.74) is 4.48. The fourth-order valence-corrected chi connectivity index (χ4v) is 4.94. The van der Waals surface area contributed by atoms with Crippen LogP contribution in [0.3, 0.4) is 0 Å². The standard InChI is InChI=1S/C30H33N3O2/c34-30(31-16-19-33-17-6-7-18-33)20-27(28-21-32-29-11-5-4-10-26(28)29)24-12-14-25(15-13-24)35-22-23-8-2-1-3-9-23/h1-5,8-15,21,27,32H,6-7,16-20,22H2,(H,31,34)/t27-/m0/s1. The van der Waals surface area contributed by atoms with E-state index in [1.807, 2.05) is 48.7 Å². The van der Waals surface area contributed by atoms with E-state index in [1.165, 1.54) is 12.8 Å². The van der Waals surface area contributed by atoms with Gasteiger partial charge in [-0.1, -0.05) is 60.7 Å². The summed E-state index contributed by atoms with van der Waals surface area (Å²) in [4.78, 5) is 18.8. The summed E-state index contributed by atoms with van der Waals surface area (Å²) in [6.07, 6.45) is 4.99. The van der Waals surface area contributed by atoms with E-state index in [1.54, 1.807) is 0 Å². The van der Waals surface area contributed by atoms with Gasteiger partial charge in [0.15, 0.2) is 0 Å².